The van der Waals surface area contributed by atoms with Gasteiger partial charge in [-0.3, -0.25) is 4.79 Å². The third kappa shape index (κ3) is 3.19. The predicted molar refractivity (Wildman–Crippen MR) is 79.5 cm³/mol. The Hall–Kier alpha value is -1.71. The Kier molecular flexibility index (Phi) is 4.30. The molecular weight excluding hydrogens is 238 g/mol. The van der Waals surface area contributed by atoms with Crippen LogP contribution in [-0.2, 0) is 0 Å². The monoisotopic (exact) mass is 261 g/mol. The number of nitrogens with zero attached hydrogens (tertiary/aromatic N) is 1. The Bertz CT molecular complexity index is 455. The lowest BCUT2D eigenvalue weighted by Crippen LogP contribution is -2.28. The number of nitrogens with two attached hydrogens (primary N) is 1. The molecule has 4 nitrogen and oxygen atoms in total. The minimum Gasteiger partial charge on any atom is -0.397 e. The number of amides is 1. The molecule has 3 N–H and O–H groups in total. The van der Waals surface area contributed by atoms with Crippen molar-refractivity contribution < 1.29 is 4.79 Å². The lowest BCUT2D eigenvalue weighted by atomic mass is 10.1. The van der Waals surface area contributed by atoms with Crippen molar-refractivity contribution in [3.8, 4) is 0 Å². The Morgan fingerprint density at radius 1 is 1.47 bits per heavy atom. The van der Waals surface area contributed by atoms with Crippen LogP contribution in [0.5, 0.6) is 0 Å². The van der Waals surface area contributed by atoms with Gasteiger partial charge in [-0.25, -0.2) is 0 Å². The lowest BCUT2D eigenvalue weighted by Gasteiger charge is -2.26. The van der Waals surface area contributed by atoms with Crippen molar-refractivity contribution in [2.45, 2.75) is 38.6 Å². The van der Waals surface area contributed by atoms with Crippen LogP contribution in [0.25, 0.3) is 0 Å². The van der Waals surface area contributed by atoms with Crippen molar-refractivity contribution in [2.24, 2.45) is 0 Å². The number of benzene rings is 1. The summed E-state index contributed by atoms with van der Waals surface area (Å²) >= 11 is 0. The van der Waals surface area contributed by atoms with Crippen LogP contribution in [-0.4, -0.2) is 25.5 Å². The van der Waals surface area contributed by atoms with Gasteiger partial charge in [-0.2, -0.15) is 0 Å². The number of hydrogen-bond donors (Lipinski definition) is 2. The maximum Gasteiger partial charge on any atom is 0.251 e. The Morgan fingerprint density at radius 2 is 2.21 bits per heavy atom. The first-order valence-electron chi connectivity index (χ1n) is 7.05. The van der Waals surface area contributed by atoms with E-state index in [0.717, 1.165) is 12.2 Å². The predicted octanol–water partition coefficient (Wildman–Crippen LogP) is 2.40. The van der Waals surface area contributed by atoms with E-state index in [0.29, 0.717) is 17.3 Å². The van der Waals surface area contributed by atoms with Gasteiger partial charge in [0.1, 0.15) is 0 Å². The summed E-state index contributed by atoms with van der Waals surface area (Å²) < 4.78 is 0. The van der Waals surface area contributed by atoms with Crippen molar-refractivity contribution in [3.05, 3.63) is 23.8 Å². The van der Waals surface area contributed by atoms with Gasteiger partial charge in [0.25, 0.3) is 5.91 Å². The molecule has 4 heteroatoms. The van der Waals surface area contributed by atoms with E-state index in [4.69, 9.17) is 5.73 Å². The zero-order valence-electron chi connectivity index (χ0n) is 11.8. The summed E-state index contributed by atoms with van der Waals surface area (Å²) in [5.41, 5.74) is 8.52. The number of unbranched alkanes of at least 4 members (excludes halogenated alkanes) is 1. The first-order chi connectivity index (χ1) is 9.17. The van der Waals surface area contributed by atoms with Crippen LogP contribution >= 0.6 is 0 Å². The van der Waals surface area contributed by atoms with Crippen molar-refractivity contribution in [2.75, 3.05) is 24.2 Å². The number of nitrogen functional groups attached to an aromatic ring is 1. The fraction of sp³-hybridized carbons (Fsp3) is 0.533. The van der Waals surface area contributed by atoms with Crippen molar-refractivity contribution in [3.63, 3.8) is 0 Å². The summed E-state index contributed by atoms with van der Waals surface area (Å²) in [6, 6.07) is 6.24. The van der Waals surface area contributed by atoms with Crippen LogP contribution in [0.15, 0.2) is 18.2 Å². The van der Waals surface area contributed by atoms with E-state index in [1.807, 2.05) is 12.1 Å². The van der Waals surface area contributed by atoms with E-state index >= 15 is 0 Å². The van der Waals surface area contributed by atoms with E-state index in [-0.39, 0.29) is 5.91 Å². The molecule has 1 amide bonds. The molecule has 0 saturated heterocycles. The van der Waals surface area contributed by atoms with E-state index in [2.05, 4.69) is 17.1 Å². The quantitative estimate of drug-likeness (QED) is 0.773. The van der Waals surface area contributed by atoms with Crippen LogP contribution < -0.4 is 16.0 Å². The molecule has 0 heterocycles. The minimum atomic E-state index is -0.0928. The number of carbonyl (C=O) groups is 1. The molecule has 2 rings (SSSR count). The third-order valence-corrected chi connectivity index (χ3v) is 3.57. The molecule has 0 bridgehead atoms. The molecule has 0 unspecified atom stereocenters. The highest BCUT2D eigenvalue weighted by Gasteiger charge is 2.29. The fourth-order valence-electron chi connectivity index (χ4n) is 2.32. The maximum atomic E-state index is 11.6. The summed E-state index contributed by atoms with van der Waals surface area (Å²) in [5.74, 6) is -0.0928. The average molecular weight is 261 g/mol. The van der Waals surface area contributed by atoms with Gasteiger partial charge < -0.3 is 16.0 Å². The van der Waals surface area contributed by atoms with Crippen LogP contribution in [0.3, 0.4) is 0 Å². The standard InChI is InChI=1S/C15H23N3O/c1-3-4-9-18(12-6-7-12)14-8-5-11(10-13(14)16)15(19)17-2/h5,8,10,12H,3-4,6-7,9,16H2,1-2H3,(H,17,19). The van der Waals surface area contributed by atoms with Crippen LogP contribution in [0, 0.1) is 0 Å². The van der Waals surface area contributed by atoms with Crippen molar-refractivity contribution in [1.82, 2.24) is 5.32 Å². The number of nitrogens with one attached hydrogen (secondary N) is 1. The molecule has 1 saturated carbocycles. The van der Waals surface area contributed by atoms with Gasteiger partial charge in [0.05, 0.1) is 11.4 Å². The van der Waals surface area contributed by atoms with Gasteiger partial charge in [0.2, 0.25) is 0 Å². The van der Waals surface area contributed by atoms with Gasteiger partial charge in [-0.05, 0) is 37.5 Å². The highest BCUT2D eigenvalue weighted by atomic mass is 16.1. The number of hydrogen-bond acceptors (Lipinski definition) is 3. The first kappa shape index (κ1) is 13.7. The van der Waals surface area contributed by atoms with Gasteiger partial charge in [-0.15, -0.1) is 0 Å². The zero-order valence-corrected chi connectivity index (χ0v) is 11.8. The maximum absolute atomic E-state index is 11.6. The summed E-state index contributed by atoms with van der Waals surface area (Å²) in [6.07, 6.45) is 4.85. The van der Waals surface area contributed by atoms with Crippen LogP contribution in [0.4, 0.5) is 11.4 Å². The second-order valence-electron chi connectivity index (χ2n) is 5.13. The molecule has 19 heavy (non-hydrogen) atoms. The third-order valence-electron chi connectivity index (χ3n) is 3.57. The molecule has 0 atom stereocenters. The van der Waals surface area contributed by atoms with E-state index in [9.17, 15) is 4.79 Å². The number of rotatable bonds is 6. The molecule has 1 aliphatic carbocycles. The smallest absolute Gasteiger partial charge is 0.251 e. The summed E-state index contributed by atoms with van der Waals surface area (Å²) in [4.78, 5) is 14.0. The summed E-state index contributed by atoms with van der Waals surface area (Å²) in [5, 5.41) is 2.62. The molecule has 0 aliphatic heterocycles. The van der Waals surface area contributed by atoms with Crippen molar-refractivity contribution >= 4 is 17.3 Å². The first-order valence-corrected chi connectivity index (χ1v) is 7.05. The molecule has 104 valence electrons. The minimum absolute atomic E-state index is 0.0928. The average Bonchev–Trinajstić information content (AvgIpc) is 3.24. The van der Waals surface area contributed by atoms with Gasteiger partial charge in [0.15, 0.2) is 0 Å². The molecule has 1 aromatic carbocycles. The molecule has 1 aliphatic rings. The fourth-order valence-corrected chi connectivity index (χ4v) is 2.32. The Balaban J connectivity index is 2.20. The molecule has 1 aromatic rings. The molecular formula is C15H23N3O. The summed E-state index contributed by atoms with van der Waals surface area (Å²) in [6.45, 7) is 3.24. The van der Waals surface area contributed by atoms with Gasteiger partial charge in [-0.1, -0.05) is 13.3 Å². The molecule has 1 fully saturated rings. The van der Waals surface area contributed by atoms with Crippen LogP contribution in [0.1, 0.15) is 43.0 Å². The topological polar surface area (TPSA) is 58.4 Å². The number of carbonyl (C=O) groups excluding carboxylic acids is 1. The van der Waals surface area contributed by atoms with Crippen LogP contribution in [0.2, 0.25) is 0 Å². The van der Waals surface area contributed by atoms with Gasteiger partial charge >= 0.3 is 0 Å². The Morgan fingerprint density at radius 3 is 2.74 bits per heavy atom. The second kappa shape index (κ2) is 5.95. The second-order valence-corrected chi connectivity index (χ2v) is 5.13. The SMILES string of the molecule is CCCCN(c1ccc(C(=O)NC)cc1N)C1CC1. The highest BCUT2D eigenvalue weighted by molar-refractivity contribution is 5.96. The lowest BCUT2D eigenvalue weighted by molar-refractivity contribution is 0.0963. The molecule has 0 spiro atoms. The molecule has 0 aromatic heterocycles. The Labute approximate surface area is 115 Å². The van der Waals surface area contributed by atoms with E-state index in [1.54, 1.807) is 13.1 Å². The number of anilines is 2. The largest absolute Gasteiger partial charge is 0.397 e. The highest BCUT2D eigenvalue weighted by Crippen LogP contribution is 2.35. The summed E-state index contributed by atoms with van der Waals surface area (Å²) in [7, 11) is 1.63. The molecule has 0 radical (unpaired) electrons. The van der Waals surface area contributed by atoms with E-state index < -0.39 is 0 Å². The normalized spacial score (nSPS) is 14.2. The van der Waals surface area contributed by atoms with Gasteiger partial charge in [0, 0.05) is 25.2 Å². The van der Waals surface area contributed by atoms with Crippen molar-refractivity contribution in [1.29, 1.82) is 0 Å². The zero-order chi connectivity index (χ0) is 13.8. The van der Waals surface area contributed by atoms with E-state index in [1.165, 1.54) is 25.7 Å².